The Morgan fingerprint density at radius 2 is 1.86 bits per heavy atom. The Labute approximate surface area is 207 Å². The third-order valence-corrected chi connectivity index (χ3v) is 7.86. The summed E-state index contributed by atoms with van der Waals surface area (Å²) in [5.74, 6) is 0.304. The molecule has 10 heteroatoms. The summed E-state index contributed by atoms with van der Waals surface area (Å²) in [6.45, 7) is 3.37. The number of aryl methyl sites for hydroxylation is 1. The molecule has 1 N–H and O–H groups in total. The van der Waals surface area contributed by atoms with Gasteiger partial charge in [-0.1, -0.05) is 30.3 Å². The van der Waals surface area contributed by atoms with Gasteiger partial charge in [0.2, 0.25) is 0 Å². The predicted octanol–water partition coefficient (Wildman–Crippen LogP) is 3.00. The number of morpholine rings is 1. The number of anilines is 2. The minimum atomic E-state index is -3.93. The molecule has 190 valence electrons. The minimum absolute atomic E-state index is 0.280. The lowest BCUT2D eigenvalue weighted by molar-refractivity contribution is -0.149. The van der Waals surface area contributed by atoms with Gasteiger partial charge in [-0.05, 0) is 56.2 Å². The number of piperidine rings is 1. The van der Waals surface area contributed by atoms with Gasteiger partial charge in [0, 0.05) is 19.6 Å². The molecule has 0 saturated carbocycles. The van der Waals surface area contributed by atoms with E-state index in [1.54, 1.807) is 12.1 Å². The van der Waals surface area contributed by atoms with E-state index in [4.69, 9.17) is 9.47 Å². The molecule has 2 aromatic rings. The average Bonchev–Trinajstić information content (AvgIpc) is 2.90. The van der Waals surface area contributed by atoms with Crippen LogP contribution in [0.3, 0.4) is 0 Å². The monoisotopic (exact) mass is 502 g/mol. The maximum atomic E-state index is 13.1. The van der Waals surface area contributed by atoms with E-state index in [1.807, 2.05) is 18.2 Å². The fourth-order valence-corrected chi connectivity index (χ4v) is 5.84. The third kappa shape index (κ3) is 7.16. The van der Waals surface area contributed by atoms with Crippen molar-refractivity contribution in [2.24, 2.45) is 0 Å². The van der Waals surface area contributed by atoms with E-state index in [0.29, 0.717) is 31.7 Å². The fourth-order valence-electron chi connectivity index (χ4n) is 4.41. The first-order valence-electron chi connectivity index (χ1n) is 12.3. The molecular weight excluding hydrogens is 468 g/mol. The van der Waals surface area contributed by atoms with Gasteiger partial charge in [0.15, 0.2) is 0 Å². The van der Waals surface area contributed by atoms with E-state index in [9.17, 15) is 13.2 Å². The summed E-state index contributed by atoms with van der Waals surface area (Å²) in [6, 6.07) is 12.8. The van der Waals surface area contributed by atoms with Crippen LogP contribution in [-0.4, -0.2) is 69.2 Å². The molecule has 4 rings (SSSR count). The van der Waals surface area contributed by atoms with E-state index in [1.165, 1.54) is 16.1 Å². The minimum Gasteiger partial charge on any atom is -0.464 e. The van der Waals surface area contributed by atoms with E-state index < -0.39 is 22.2 Å². The van der Waals surface area contributed by atoms with Gasteiger partial charge in [-0.25, -0.2) is 4.98 Å². The van der Waals surface area contributed by atoms with Gasteiger partial charge < -0.3 is 14.4 Å². The molecule has 0 radical (unpaired) electrons. The zero-order chi connectivity index (χ0) is 24.5. The molecule has 1 aromatic heterocycles. The zero-order valence-corrected chi connectivity index (χ0v) is 20.8. The maximum Gasteiger partial charge on any atom is 0.324 e. The Morgan fingerprint density at radius 1 is 1.06 bits per heavy atom. The van der Waals surface area contributed by atoms with E-state index in [2.05, 4.69) is 26.7 Å². The number of carbonyl (C=O) groups is 1. The number of pyridine rings is 1. The number of nitrogens with one attached hydrogen (secondary N) is 1. The summed E-state index contributed by atoms with van der Waals surface area (Å²) in [7, 11) is -3.93. The molecule has 0 amide bonds. The highest BCUT2D eigenvalue weighted by Crippen LogP contribution is 2.24. The summed E-state index contributed by atoms with van der Waals surface area (Å²) in [5, 5.41) is 0. The van der Waals surface area contributed by atoms with Gasteiger partial charge in [-0.3, -0.25) is 9.52 Å². The number of nitrogens with zero attached hydrogens (tertiary/aromatic N) is 3. The normalized spacial score (nSPS) is 19.3. The number of hydrogen-bond acceptors (Lipinski definition) is 7. The van der Waals surface area contributed by atoms with Crippen LogP contribution >= 0.6 is 0 Å². The first-order valence-corrected chi connectivity index (χ1v) is 13.8. The third-order valence-electron chi connectivity index (χ3n) is 6.31. The van der Waals surface area contributed by atoms with Crippen LogP contribution in [0.1, 0.15) is 37.7 Å². The molecule has 2 saturated heterocycles. The van der Waals surface area contributed by atoms with Crippen LogP contribution in [0.4, 0.5) is 11.5 Å². The Morgan fingerprint density at radius 3 is 2.60 bits per heavy atom. The number of hydrogen-bond donors (Lipinski definition) is 1. The lowest BCUT2D eigenvalue weighted by atomic mass is 10.1. The van der Waals surface area contributed by atoms with Crippen LogP contribution in [0.25, 0.3) is 0 Å². The van der Waals surface area contributed by atoms with Crippen LogP contribution in [-0.2, 0) is 30.9 Å². The van der Waals surface area contributed by atoms with Gasteiger partial charge in [0.25, 0.3) is 0 Å². The second kappa shape index (κ2) is 12.3. The van der Waals surface area contributed by atoms with Crippen molar-refractivity contribution in [1.82, 2.24) is 9.29 Å². The van der Waals surface area contributed by atoms with Gasteiger partial charge in [0.05, 0.1) is 31.7 Å². The molecular formula is C25H34N4O5S. The standard InChI is InChI=1S/C25H34N4O5S/c30-25(34-17-7-5-10-21-8-2-1-3-9-21)23-11-4-6-14-29(23)35(31,32)27-22-12-13-24(26-20-22)28-15-18-33-19-16-28/h1-3,8-9,12-13,20,23,27H,4-7,10-11,14-19H2/t23-/m0/s1. The summed E-state index contributed by atoms with van der Waals surface area (Å²) in [4.78, 5) is 19.3. The van der Waals surface area contributed by atoms with Gasteiger partial charge in [0.1, 0.15) is 11.9 Å². The average molecular weight is 503 g/mol. The molecule has 0 unspecified atom stereocenters. The van der Waals surface area contributed by atoms with Crippen LogP contribution in [0, 0.1) is 0 Å². The van der Waals surface area contributed by atoms with Crippen molar-refractivity contribution in [3.05, 3.63) is 54.2 Å². The molecule has 1 aromatic carbocycles. The molecule has 1 atom stereocenters. The lowest BCUT2D eigenvalue weighted by Gasteiger charge is -2.33. The highest BCUT2D eigenvalue weighted by atomic mass is 32.2. The summed E-state index contributed by atoms with van der Waals surface area (Å²) in [6.07, 6.45) is 6.01. The number of rotatable bonds is 10. The van der Waals surface area contributed by atoms with Gasteiger partial charge in [-0.2, -0.15) is 12.7 Å². The molecule has 2 aliphatic heterocycles. The van der Waals surface area contributed by atoms with Crippen molar-refractivity contribution in [1.29, 1.82) is 0 Å². The number of esters is 1. The molecule has 0 spiro atoms. The summed E-state index contributed by atoms with van der Waals surface area (Å²) >= 11 is 0. The SMILES string of the molecule is O=C(OCCCCc1ccccc1)[C@@H]1CCCCN1S(=O)(=O)Nc1ccc(N2CCOCC2)nc1. The highest BCUT2D eigenvalue weighted by molar-refractivity contribution is 7.90. The number of benzene rings is 1. The largest absolute Gasteiger partial charge is 0.464 e. The van der Waals surface area contributed by atoms with E-state index in [0.717, 1.165) is 44.6 Å². The van der Waals surface area contributed by atoms with Crippen LogP contribution in [0.5, 0.6) is 0 Å². The van der Waals surface area contributed by atoms with Crippen molar-refractivity contribution in [2.45, 2.75) is 44.6 Å². The van der Waals surface area contributed by atoms with Crippen LogP contribution in [0.2, 0.25) is 0 Å². The Kier molecular flexibility index (Phi) is 8.95. The van der Waals surface area contributed by atoms with Crippen LogP contribution in [0.15, 0.2) is 48.7 Å². The molecule has 9 nitrogen and oxygen atoms in total. The molecule has 0 aliphatic carbocycles. The summed E-state index contributed by atoms with van der Waals surface area (Å²) < 4.78 is 40.9. The summed E-state index contributed by atoms with van der Waals surface area (Å²) in [5.41, 5.74) is 1.61. The second-order valence-electron chi connectivity index (χ2n) is 8.84. The number of carbonyl (C=O) groups excluding carboxylic acids is 1. The van der Waals surface area contributed by atoms with Crippen molar-refractivity contribution < 1.29 is 22.7 Å². The van der Waals surface area contributed by atoms with Crippen molar-refractivity contribution in [2.75, 3.05) is 49.1 Å². The second-order valence-corrected chi connectivity index (χ2v) is 10.5. The van der Waals surface area contributed by atoms with E-state index >= 15 is 0 Å². The first-order chi connectivity index (χ1) is 17.0. The van der Waals surface area contributed by atoms with Crippen molar-refractivity contribution in [3.63, 3.8) is 0 Å². The smallest absolute Gasteiger partial charge is 0.324 e. The van der Waals surface area contributed by atoms with Crippen molar-refractivity contribution in [3.8, 4) is 0 Å². The molecule has 2 aliphatic rings. The Hall–Kier alpha value is -2.69. The van der Waals surface area contributed by atoms with Gasteiger partial charge in [-0.15, -0.1) is 0 Å². The predicted molar refractivity (Wildman–Crippen MR) is 134 cm³/mol. The number of unbranched alkanes of at least 4 members (excludes halogenated alkanes) is 1. The topological polar surface area (TPSA) is 101 Å². The molecule has 35 heavy (non-hydrogen) atoms. The van der Waals surface area contributed by atoms with Crippen molar-refractivity contribution >= 4 is 27.7 Å². The zero-order valence-electron chi connectivity index (χ0n) is 20.0. The van der Waals surface area contributed by atoms with Gasteiger partial charge >= 0.3 is 16.2 Å². The quantitative estimate of drug-likeness (QED) is 0.394. The molecule has 0 bridgehead atoms. The Bertz CT molecular complexity index is 1040. The fraction of sp³-hybridized carbons (Fsp3) is 0.520. The Balaban J connectivity index is 1.29. The maximum absolute atomic E-state index is 13.1. The number of ether oxygens (including phenoxy) is 2. The van der Waals surface area contributed by atoms with Crippen LogP contribution < -0.4 is 9.62 Å². The first kappa shape index (κ1) is 25.4. The number of aromatic nitrogens is 1. The lowest BCUT2D eigenvalue weighted by Crippen LogP contribution is -2.50. The molecule has 3 heterocycles. The highest BCUT2D eigenvalue weighted by Gasteiger charge is 2.38. The molecule has 2 fully saturated rings. The van der Waals surface area contributed by atoms with E-state index in [-0.39, 0.29) is 13.2 Å².